The lowest BCUT2D eigenvalue weighted by Gasteiger charge is -2.13. The first-order chi connectivity index (χ1) is 9.01. The normalized spacial score (nSPS) is 11.9. The van der Waals surface area contributed by atoms with Crippen LogP contribution < -0.4 is 4.74 Å². The number of halogens is 1. The SMILES string of the molecule is CCOc1ccc(C(=O)CCBr)c(C(O)C(=O)O)c1. The van der Waals surface area contributed by atoms with Crippen molar-refractivity contribution in [1.82, 2.24) is 0 Å². The van der Waals surface area contributed by atoms with Crippen LogP contribution in [0.3, 0.4) is 0 Å². The number of alkyl halides is 1. The van der Waals surface area contributed by atoms with Gasteiger partial charge in [-0.25, -0.2) is 4.79 Å². The summed E-state index contributed by atoms with van der Waals surface area (Å²) in [4.78, 5) is 22.8. The van der Waals surface area contributed by atoms with Gasteiger partial charge in [-0.15, -0.1) is 0 Å². The zero-order valence-corrected chi connectivity index (χ0v) is 12.0. The van der Waals surface area contributed by atoms with Gasteiger partial charge in [0.1, 0.15) is 5.75 Å². The van der Waals surface area contributed by atoms with Gasteiger partial charge in [-0.1, -0.05) is 15.9 Å². The van der Waals surface area contributed by atoms with Crippen LogP contribution in [-0.4, -0.2) is 33.9 Å². The third-order valence-electron chi connectivity index (χ3n) is 2.48. The first kappa shape index (κ1) is 15.7. The Labute approximate surface area is 119 Å². The van der Waals surface area contributed by atoms with E-state index < -0.39 is 12.1 Å². The van der Waals surface area contributed by atoms with E-state index in [2.05, 4.69) is 15.9 Å². The van der Waals surface area contributed by atoms with Gasteiger partial charge in [0.15, 0.2) is 11.9 Å². The number of Topliss-reactive ketones (excluding diaryl/α,β-unsaturated/α-hetero) is 1. The maximum Gasteiger partial charge on any atom is 0.337 e. The molecule has 5 nitrogen and oxygen atoms in total. The van der Waals surface area contributed by atoms with Gasteiger partial charge in [-0.05, 0) is 25.1 Å². The van der Waals surface area contributed by atoms with Gasteiger partial charge in [0.05, 0.1) is 6.61 Å². The van der Waals surface area contributed by atoms with E-state index in [0.717, 1.165) is 0 Å². The number of carboxylic acids is 1. The summed E-state index contributed by atoms with van der Waals surface area (Å²) in [6.07, 6.45) is -1.51. The van der Waals surface area contributed by atoms with Gasteiger partial charge < -0.3 is 14.9 Å². The van der Waals surface area contributed by atoms with E-state index in [1.165, 1.54) is 12.1 Å². The molecule has 1 rings (SSSR count). The van der Waals surface area contributed by atoms with Crippen LogP contribution in [0.2, 0.25) is 0 Å². The standard InChI is InChI=1S/C13H15BrO5/c1-2-19-8-3-4-9(11(15)5-6-14)10(7-8)12(16)13(17)18/h3-4,7,12,16H,2,5-6H2,1H3,(H,17,18). The van der Waals surface area contributed by atoms with Crippen LogP contribution >= 0.6 is 15.9 Å². The van der Waals surface area contributed by atoms with Gasteiger partial charge >= 0.3 is 5.97 Å². The quantitative estimate of drug-likeness (QED) is 0.591. The Morgan fingerprint density at radius 3 is 2.63 bits per heavy atom. The molecule has 0 aliphatic carbocycles. The van der Waals surface area contributed by atoms with E-state index in [0.29, 0.717) is 17.7 Å². The Hall–Kier alpha value is -1.40. The van der Waals surface area contributed by atoms with Crippen LogP contribution in [0.25, 0.3) is 0 Å². The zero-order chi connectivity index (χ0) is 14.4. The summed E-state index contributed by atoms with van der Waals surface area (Å²) < 4.78 is 5.25. The average Bonchev–Trinajstić information content (AvgIpc) is 2.38. The molecular formula is C13H15BrO5. The molecule has 0 radical (unpaired) electrons. The summed E-state index contributed by atoms with van der Waals surface area (Å²) >= 11 is 3.15. The fraction of sp³-hybridized carbons (Fsp3) is 0.385. The first-order valence-electron chi connectivity index (χ1n) is 5.78. The summed E-state index contributed by atoms with van der Waals surface area (Å²) in [7, 11) is 0. The van der Waals surface area contributed by atoms with Crippen molar-refractivity contribution in [2.45, 2.75) is 19.4 Å². The largest absolute Gasteiger partial charge is 0.494 e. The number of hydrogen-bond donors (Lipinski definition) is 2. The molecule has 0 heterocycles. The zero-order valence-electron chi connectivity index (χ0n) is 10.4. The van der Waals surface area contributed by atoms with Gasteiger partial charge in [0.25, 0.3) is 0 Å². The van der Waals surface area contributed by atoms with E-state index in [1.54, 1.807) is 13.0 Å². The molecule has 1 aromatic rings. The lowest BCUT2D eigenvalue weighted by molar-refractivity contribution is -0.146. The number of carbonyl (C=O) groups excluding carboxylic acids is 1. The summed E-state index contributed by atoms with van der Waals surface area (Å²) in [5.41, 5.74) is 0.266. The third-order valence-corrected chi connectivity index (χ3v) is 2.88. The van der Waals surface area contributed by atoms with Crippen LogP contribution in [-0.2, 0) is 4.79 Å². The average molecular weight is 331 g/mol. The number of carbonyl (C=O) groups is 2. The summed E-state index contributed by atoms with van der Waals surface area (Å²) in [6.45, 7) is 2.20. The molecule has 0 aliphatic heterocycles. The monoisotopic (exact) mass is 330 g/mol. The van der Waals surface area contributed by atoms with E-state index >= 15 is 0 Å². The topological polar surface area (TPSA) is 83.8 Å². The molecular weight excluding hydrogens is 316 g/mol. The number of hydrogen-bond acceptors (Lipinski definition) is 4. The number of benzene rings is 1. The molecule has 0 amide bonds. The minimum absolute atomic E-state index is 0.0596. The third kappa shape index (κ3) is 4.04. The van der Waals surface area contributed by atoms with Gasteiger partial charge in [-0.2, -0.15) is 0 Å². The molecule has 0 fully saturated rings. The number of ketones is 1. The Morgan fingerprint density at radius 1 is 1.42 bits per heavy atom. The predicted octanol–water partition coefficient (Wildman–Crippen LogP) is 2.17. The molecule has 1 atom stereocenters. The van der Waals surface area contributed by atoms with Crippen molar-refractivity contribution in [2.24, 2.45) is 0 Å². The van der Waals surface area contributed by atoms with E-state index in [4.69, 9.17) is 9.84 Å². The maximum absolute atomic E-state index is 11.9. The molecule has 0 spiro atoms. The minimum Gasteiger partial charge on any atom is -0.494 e. The molecule has 104 valence electrons. The summed E-state index contributed by atoms with van der Waals surface area (Å²) in [5.74, 6) is -1.20. The Kier molecular flexibility index (Phi) is 5.98. The molecule has 0 bridgehead atoms. The van der Waals surface area contributed by atoms with Crippen LogP contribution in [0.15, 0.2) is 18.2 Å². The molecule has 2 N–H and O–H groups in total. The molecule has 1 unspecified atom stereocenters. The Morgan fingerprint density at radius 2 is 2.11 bits per heavy atom. The Balaban J connectivity index is 3.21. The van der Waals surface area contributed by atoms with Crippen LogP contribution in [0.1, 0.15) is 35.4 Å². The summed E-state index contributed by atoms with van der Waals surface area (Å²) in [5, 5.41) is 19.0. The number of aliphatic hydroxyl groups excluding tert-OH is 1. The highest BCUT2D eigenvalue weighted by molar-refractivity contribution is 9.09. The summed E-state index contributed by atoms with van der Waals surface area (Å²) in [6, 6.07) is 4.46. The molecule has 6 heteroatoms. The highest BCUT2D eigenvalue weighted by atomic mass is 79.9. The van der Waals surface area contributed by atoms with Crippen LogP contribution in [0, 0.1) is 0 Å². The highest BCUT2D eigenvalue weighted by Crippen LogP contribution is 2.25. The Bertz CT molecular complexity index is 472. The molecule has 19 heavy (non-hydrogen) atoms. The van der Waals surface area contributed by atoms with Crippen LogP contribution in [0.4, 0.5) is 0 Å². The second-order valence-electron chi connectivity index (χ2n) is 3.79. The van der Waals surface area contributed by atoms with E-state index in [-0.39, 0.29) is 23.3 Å². The van der Waals surface area contributed by atoms with Crippen molar-refractivity contribution in [3.05, 3.63) is 29.3 Å². The molecule has 0 saturated carbocycles. The van der Waals surface area contributed by atoms with Crippen molar-refractivity contribution >= 4 is 27.7 Å². The predicted molar refractivity (Wildman–Crippen MR) is 72.9 cm³/mol. The maximum atomic E-state index is 11.9. The van der Waals surface area contributed by atoms with Crippen molar-refractivity contribution < 1.29 is 24.5 Å². The second kappa shape index (κ2) is 7.25. The number of aliphatic hydroxyl groups is 1. The van der Waals surface area contributed by atoms with Crippen molar-refractivity contribution in [3.63, 3.8) is 0 Å². The van der Waals surface area contributed by atoms with Gasteiger partial charge in [-0.3, -0.25) is 4.79 Å². The minimum atomic E-state index is -1.74. The molecule has 1 aromatic carbocycles. The van der Waals surface area contributed by atoms with Gasteiger partial charge in [0, 0.05) is 22.9 Å². The van der Waals surface area contributed by atoms with Crippen molar-refractivity contribution in [3.8, 4) is 5.75 Å². The highest BCUT2D eigenvalue weighted by Gasteiger charge is 2.23. The van der Waals surface area contributed by atoms with Gasteiger partial charge in [0.2, 0.25) is 0 Å². The van der Waals surface area contributed by atoms with E-state index in [1.807, 2.05) is 0 Å². The van der Waals surface area contributed by atoms with Crippen molar-refractivity contribution in [1.29, 1.82) is 0 Å². The second-order valence-corrected chi connectivity index (χ2v) is 4.58. The molecule has 0 aromatic heterocycles. The number of aliphatic carboxylic acids is 1. The van der Waals surface area contributed by atoms with Crippen molar-refractivity contribution in [2.75, 3.05) is 11.9 Å². The number of rotatable bonds is 7. The number of ether oxygens (including phenoxy) is 1. The lowest BCUT2D eigenvalue weighted by atomic mass is 9.97. The fourth-order valence-electron chi connectivity index (χ4n) is 1.63. The fourth-order valence-corrected chi connectivity index (χ4v) is 1.99. The first-order valence-corrected chi connectivity index (χ1v) is 6.90. The number of carboxylic acid groups (broad SMARTS) is 1. The lowest BCUT2D eigenvalue weighted by Crippen LogP contribution is -2.15. The van der Waals surface area contributed by atoms with E-state index in [9.17, 15) is 14.7 Å². The molecule has 0 aliphatic rings. The van der Waals surface area contributed by atoms with Crippen LogP contribution in [0.5, 0.6) is 5.75 Å². The smallest absolute Gasteiger partial charge is 0.337 e. The molecule has 0 saturated heterocycles.